The van der Waals surface area contributed by atoms with Crippen LogP contribution in [0.5, 0.6) is 0 Å². The summed E-state index contributed by atoms with van der Waals surface area (Å²) in [4.78, 5) is 32.7. The zero-order chi connectivity index (χ0) is 27.6. The average molecular weight is 546 g/mol. The van der Waals surface area contributed by atoms with Gasteiger partial charge in [-0.1, -0.05) is 6.07 Å². The second-order valence-corrected chi connectivity index (χ2v) is 11.1. The number of halogens is 3. The van der Waals surface area contributed by atoms with Gasteiger partial charge in [0.1, 0.15) is 17.2 Å². The van der Waals surface area contributed by atoms with Crippen LogP contribution in [0.15, 0.2) is 30.5 Å². The molecule has 210 valence electrons. The van der Waals surface area contributed by atoms with E-state index in [1.54, 1.807) is 11.0 Å². The Labute approximate surface area is 225 Å². The van der Waals surface area contributed by atoms with E-state index in [1.165, 1.54) is 12.3 Å². The summed E-state index contributed by atoms with van der Waals surface area (Å²) in [5.41, 5.74) is 5.75. The number of pyridine rings is 1. The van der Waals surface area contributed by atoms with E-state index in [4.69, 9.17) is 10.5 Å². The summed E-state index contributed by atoms with van der Waals surface area (Å²) in [6, 6.07) is 5.14. The van der Waals surface area contributed by atoms with Gasteiger partial charge >= 0.3 is 6.09 Å². The highest BCUT2D eigenvalue weighted by molar-refractivity contribution is 5.78. The van der Waals surface area contributed by atoms with Crippen LogP contribution in [0.4, 0.5) is 23.7 Å². The van der Waals surface area contributed by atoms with E-state index in [1.807, 2.05) is 4.90 Å². The lowest BCUT2D eigenvalue weighted by molar-refractivity contribution is -0.126. The van der Waals surface area contributed by atoms with Gasteiger partial charge in [0.2, 0.25) is 11.9 Å². The highest BCUT2D eigenvalue weighted by Gasteiger charge is 2.47. The fourth-order valence-corrected chi connectivity index (χ4v) is 5.97. The van der Waals surface area contributed by atoms with Crippen molar-refractivity contribution in [2.75, 3.05) is 31.9 Å². The number of piperidine rings is 1. The number of benzene rings is 1. The average Bonchev–Trinajstić information content (AvgIpc) is 3.21. The number of anilines is 1. The third-order valence-electron chi connectivity index (χ3n) is 8.30. The number of likely N-dealkylation sites (tertiary alicyclic amines) is 1. The van der Waals surface area contributed by atoms with Gasteiger partial charge < -0.3 is 20.7 Å². The number of nitrogens with one attached hydrogen (secondary N) is 1. The Morgan fingerprint density at radius 2 is 1.79 bits per heavy atom. The van der Waals surface area contributed by atoms with Crippen LogP contribution in [0.2, 0.25) is 0 Å². The molecule has 39 heavy (non-hydrogen) atoms. The molecule has 0 bridgehead atoms. The van der Waals surface area contributed by atoms with Crippen LogP contribution in [-0.2, 0) is 22.6 Å². The number of aromatic nitrogens is 1. The first-order valence-electron chi connectivity index (χ1n) is 13.5. The summed E-state index contributed by atoms with van der Waals surface area (Å²) in [5.74, 6) is -1.64. The minimum atomic E-state index is -0.649. The molecule has 2 aromatic rings. The van der Waals surface area contributed by atoms with Gasteiger partial charge in [-0.2, -0.15) is 4.39 Å². The molecular weight excluding hydrogens is 511 g/mol. The van der Waals surface area contributed by atoms with Crippen molar-refractivity contribution in [3.05, 3.63) is 59.2 Å². The first-order valence-corrected chi connectivity index (χ1v) is 13.5. The van der Waals surface area contributed by atoms with Crippen LogP contribution in [-0.4, -0.2) is 58.6 Å². The maximum atomic E-state index is 14.2. The number of ether oxygens (including phenoxy) is 1. The maximum Gasteiger partial charge on any atom is 0.410 e. The second kappa shape index (κ2) is 11.4. The number of hydrogen-bond acceptors (Lipinski definition) is 6. The Balaban J connectivity index is 1.06. The lowest BCUT2D eigenvalue weighted by Crippen LogP contribution is -2.47. The molecule has 1 spiro atoms. The summed E-state index contributed by atoms with van der Waals surface area (Å²) < 4.78 is 47.2. The van der Waals surface area contributed by atoms with E-state index in [0.717, 1.165) is 43.4 Å². The number of carbonyl (C=O) groups excluding carboxylic acids is 2. The van der Waals surface area contributed by atoms with Gasteiger partial charge in [0.25, 0.3) is 0 Å². The fraction of sp³-hybridized carbons (Fsp3) is 0.536. The van der Waals surface area contributed by atoms with E-state index in [2.05, 4.69) is 10.3 Å². The molecule has 3 aliphatic rings. The monoisotopic (exact) mass is 545 g/mol. The zero-order valence-electron chi connectivity index (χ0n) is 21.8. The summed E-state index contributed by atoms with van der Waals surface area (Å²) >= 11 is 0. The van der Waals surface area contributed by atoms with Gasteiger partial charge in [-0.15, -0.1) is 0 Å². The lowest BCUT2D eigenvalue weighted by atomic mass is 9.81. The van der Waals surface area contributed by atoms with Gasteiger partial charge in [0.15, 0.2) is 0 Å². The molecule has 1 aromatic heterocycles. The molecule has 1 aliphatic carbocycles. The third-order valence-corrected chi connectivity index (χ3v) is 8.30. The van der Waals surface area contributed by atoms with Crippen LogP contribution >= 0.6 is 0 Å². The van der Waals surface area contributed by atoms with Gasteiger partial charge in [0, 0.05) is 68.9 Å². The summed E-state index contributed by atoms with van der Waals surface area (Å²) in [6.07, 6.45) is 5.50. The van der Waals surface area contributed by atoms with Crippen molar-refractivity contribution in [2.24, 2.45) is 11.8 Å². The first-order chi connectivity index (χ1) is 18.7. The van der Waals surface area contributed by atoms with Crippen LogP contribution in [0.3, 0.4) is 0 Å². The topological polar surface area (TPSA) is 101 Å². The van der Waals surface area contributed by atoms with E-state index < -0.39 is 23.2 Å². The number of carbonyl (C=O) groups is 2. The molecular formula is C28H34F3N5O3. The molecule has 5 rings (SSSR count). The summed E-state index contributed by atoms with van der Waals surface area (Å²) in [6.45, 7) is 2.70. The number of nitrogens with two attached hydrogens (primary N) is 1. The Kier molecular flexibility index (Phi) is 7.97. The van der Waals surface area contributed by atoms with Crippen LogP contribution in [0.1, 0.15) is 49.7 Å². The van der Waals surface area contributed by atoms with E-state index >= 15 is 0 Å². The normalized spacial score (nSPS) is 23.2. The number of nitrogens with zero attached hydrogens (tertiary/aromatic N) is 3. The Morgan fingerprint density at radius 1 is 1.10 bits per heavy atom. The molecule has 0 atom stereocenters. The van der Waals surface area contributed by atoms with Crippen molar-refractivity contribution >= 4 is 17.7 Å². The molecule has 1 aromatic carbocycles. The van der Waals surface area contributed by atoms with Crippen LogP contribution < -0.4 is 11.1 Å². The highest BCUT2D eigenvalue weighted by Crippen LogP contribution is 2.36. The minimum Gasteiger partial charge on any atom is -0.441 e. The molecule has 3 N–H and O–H groups in total. The smallest absolute Gasteiger partial charge is 0.410 e. The van der Waals surface area contributed by atoms with Crippen molar-refractivity contribution in [3.8, 4) is 0 Å². The van der Waals surface area contributed by atoms with Crippen LogP contribution in [0.25, 0.3) is 0 Å². The molecule has 2 aliphatic heterocycles. The molecule has 3 fully saturated rings. The highest BCUT2D eigenvalue weighted by atomic mass is 19.1. The summed E-state index contributed by atoms with van der Waals surface area (Å²) in [7, 11) is 0. The van der Waals surface area contributed by atoms with E-state index in [-0.39, 0.29) is 35.7 Å². The third kappa shape index (κ3) is 6.46. The van der Waals surface area contributed by atoms with Crippen molar-refractivity contribution in [1.29, 1.82) is 0 Å². The van der Waals surface area contributed by atoms with Gasteiger partial charge in [0.05, 0.1) is 6.54 Å². The molecule has 1 saturated carbocycles. The molecule has 3 heterocycles. The molecule has 0 unspecified atom stereocenters. The Hall–Kier alpha value is -3.34. The lowest BCUT2D eigenvalue weighted by Gasteiger charge is -2.37. The van der Waals surface area contributed by atoms with E-state index in [9.17, 15) is 22.8 Å². The minimum absolute atomic E-state index is 0.00180. The Morgan fingerprint density at radius 3 is 2.44 bits per heavy atom. The fourth-order valence-electron chi connectivity index (χ4n) is 5.97. The van der Waals surface area contributed by atoms with Crippen molar-refractivity contribution < 1.29 is 27.5 Å². The SMILES string of the molecule is Nc1cc(F)c(CN2CCC3(CC2)CN(CC2CCC(C(=O)NCc4ccc(F)nc4)CC2)C(=O)O3)c(F)c1. The summed E-state index contributed by atoms with van der Waals surface area (Å²) in [5, 5.41) is 2.91. The largest absolute Gasteiger partial charge is 0.441 e. The molecule has 11 heteroatoms. The standard InChI is InChI=1S/C28H34F3N5O3/c29-23-11-21(32)12-24(30)22(23)16-35-9-7-28(8-10-35)17-36(27(38)39-28)15-18-1-4-20(5-2-18)26(37)34-14-19-3-6-25(31)33-13-19/h3,6,11-13,18,20H,1-2,4-5,7-10,14-17,32H2,(H,34,37). The predicted molar refractivity (Wildman–Crippen MR) is 138 cm³/mol. The van der Waals surface area contributed by atoms with Gasteiger partial charge in [-0.05, 0) is 55.4 Å². The molecule has 2 saturated heterocycles. The number of amides is 2. The Bertz CT molecular complexity index is 1170. The predicted octanol–water partition coefficient (Wildman–Crippen LogP) is 3.99. The van der Waals surface area contributed by atoms with Crippen molar-refractivity contribution in [1.82, 2.24) is 20.1 Å². The van der Waals surface area contributed by atoms with Crippen molar-refractivity contribution in [3.63, 3.8) is 0 Å². The maximum absolute atomic E-state index is 14.2. The van der Waals surface area contributed by atoms with Gasteiger partial charge in [-0.3, -0.25) is 9.69 Å². The quantitative estimate of drug-likeness (QED) is 0.403. The number of nitrogen functional groups attached to an aromatic ring is 1. The van der Waals surface area contributed by atoms with Crippen LogP contribution in [0, 0.1) is 29.4 Å². The second-order valence-electron chi connectivity index (χ2n) is 11.1. The molecule has 2 amide bonds. The zero-order valence-corrected chi connectivity index (χ0v) is 21.8. The molecule has 0 radical (unpaired) electrons. The number of rotatable bonds is 7. The first kappa shape index (κ1) is 27.2. The van der Waals surface area contributed by atoms with E-state index in [0.29, 0.717) is 51.5 Å². The number of hydrogen-bond donors (Lipinski definition) is 2. The molecule has 8 nitrogen and oxygen atoms in total. The van der Waals surface area contributed by atoms with Crippen molar-refractivity contribution in [2.45, 2.75) is 57.2 Å². The van der Waals surface area contributed by atoms with Gasteiger partial charge in [-0.25, -0.2) is 18.6 Å².